The van der Waals surface area contributed by atoms with Crippen molar-refractivity contribution in [2.75, 3.05) is 44.1 Å². The van der Waals surface area contributed by atoms with Gasteiger partial charge in [-0.3, -0.25) is 14.7 Å². The summed E-state index contributed by atoms with van der Waals surface area (Å²) < 4.78 is 16.7. The Labute approximate surface area is 303 Å². The highest BCUT2D eigenvalue weighted by molar-refractivity contribution is 6.01. The number of rotatable bonds is 12. The van der Waals surface area contributed by atoms with Crippen LogP contribution >= 0.6 is 0 Å². The summed E-state index contributed by atoms with van der Waals surface area (Å²) in [7, 11) is 2.96. The number of hydrogen-bond acceptors (Lipinski definition) is 8. The van der Waals surface area contributed by atoms with Crippen molar-refractivity contribution in [3.05, 3.63) is 138 Å². The fourth-order valence-electron chi connectivity index (χ4n) is 6.49. The van der Waals surface area contributed by atoms with E-state index in [-0.39, 0.29) is 24.7 Å². The number of amides is 3. The van der Waals surface area contributed by atoms with Crippen molar-refractivity contribution in [3.63, 3.8) is 0 Å². The van der Waals surface area contributed by atoms with Crippen molar-refractivity contribution in [1.82, 2.24) is 15.6 Å². The van der Waals surface area contributed by atoms with Crippen LogP contribution in [-0.2, 0) is 25.4 Å². The minimum absolute atomic E-state index is 0.0733. The second-order valence-corrected chi connectivity index (χ2v) is 12.7. The van der Waals surface area contributed by atoms with Crippen LogP contribution in [0.4, 0.5) is 21.0 Å². The molecule has 5 aromatic rings. The van der Waals surface area contributed by atoms with Gasteiger partial charge in [-0.05, 0) is 53.1 Å². The molecule has 1 saturated heterocycles. The van der Waals surface area contributed by atoms with Gasteiger partial charge >= 0.3 is 12.2 Å². The SMILES string of the molecule is COC(=O)N[C@H](C(=O)Nc1ccccc1CC[C@@H]1CN[C@H](COC(=O)N(C)c2cccc3ccncc23)CO1)C(c1ccccc1)c1ccccc1. The molecule has 3 N–H and O–H groups in total. The highest BCUT2D eigenvalue weighted by Gasteiger charge is 2.33. The van der Waals surface area contributed by atoms with Gasteiger partial charge in [0.2, 0.25) is 5.91 Å². The predicted octanol–water partition coefficient (Wildman–Crippen LogP) is 6.29. The molecule has 0 radical (unpaired) electrons. The van der Waals surface area contributed by atoms with E-state index in [1.807, 2.05) is 109 Å². The van der Waals surface area contributed by atoms with Gasteiger partial charge in [-0.25, -0.2) is 9.59 Å². The standard InChI is InChI=1S/C41H43N5O6/c1-46(36-19-11-17-28-22-23-42-25-34(28)36)41(49)52-27-32-26-51-33(24-43-32)21-20-29-12-9-10-18-35(29)44-39(47)38(45-40(48)50-2)37(30-13-5-3-6-14-30)31-15-7-4-8-16-31/h3-19,22-23,25,32-33,37-38,43H,20-21,24,26-27H2,1-2H3,(H,44,47)(H,45,48)/t32-,33+,38-/m0/s1. The maximum absolute atomic E-state index is 14.1. The third-order valence-electron chi connectivity index (χ3n) is 9.27. The lowest BCUT2D eigenvalue weighted by atomic mass is 9.84. The Hall–Kier alpha value is -5.78. The van der Waals surface area contributed by atoms with Gasteiger partial charge in [0, 0.05) is 43.0 Å². The smallest absolute Gasteiger partial charge is 0.414 e. The summed E-state index contributed by atoms with van der Waals surface area (Å²) >= 11 is 0. The quantitative estimate of drug-likeness (QED) is 0.138. The number of benzene rings is 4. The van der Waals surface area contributed by atoms with Crippen LogP contribution in [0.15, 0.2) is 122 Å². The van der Waals surface area contributed by atoms with Crippen LogP contribution in [0.5, 0.6) is 0 Å². The number of methoxy groups -OCH3 is 1. The zero-order valence-corrected chi connectivity index (χ0v) is 29.2. The first-order valence-corrected chi connectivity index (χ1v) is 17.3. The zero-order valence-electron chi connectivity index (χ0n) is 29.2. The van der Waals surface area contributed by atoms with Crippen LogP contribution in [0, 0.1) is 0 Å². The first-order valence-electron chi connectivity index (χ1n) is 17.3. The normalized spacial score (nSPS) is 16.1. The van der Waals surface area contributed by atoms with E-state index in [2.05, 4.69) is 20.9 Å². The molecule has 52 heavy (non-hydrogen) atoms. The van der Waals surface area contributed by atoms with E-state index in [0.29, 0.717) is 31.7 Å². The van der Waals surface area contributed by atoms with Crippen molar-refractivity contribution in [2.45, 2.75) is 36.9 Å². The monoisotopic (exact) mass is 701 g/mol. The van der Waals surface area contributed by atoms with E-state index in [4.69, 9.17) is 14.2 Å². The molecule has 268 valence electrons. The number of pyridine rings is 1. The molecule has 0 spiro atoms. The summed E-state index contributed by atoms with van der Waals surface area (Å²) in [6.07, 6.45) is 3.57. The minimum atomic E-state index is -0.967. The minimum Gasteiger partial charge on any atom is -0.453 e. The van der Waals surface area contributed by atoms with Gasteiger partial charge in [-0.1, -0.05) is 91.0 Å². The highest BCUT2D eigenvalue weighted by Crippen LogP contribution is 2.30. The van der Waals surface area contributed by atoms with Crippen LogP contribution in [-0.4, -0.2) is 75.2 Å². The highest BCUT2D eigenvalue weighted by atomic mass is 16.6. The average Bonchev–Trinajstić information content (AvgIpc) is 3.20. The molecule has 1 aromatic heterocycles. The summed E-state index contributed by atoms with van der Waals surface area (Å²) in [5.74, 6) is -0.843. The molecule has 1 fully saturated rings. The van der Waals surface area contributed by atoms with E-state index in [0.717, 1.165) is 33.2 Å². The van der Waals surface area contributed by atoms with Gasteiger partial charge in [0.15, 0.2) is 0 Å². The second kappa shape index (κ2) is 17.4. The number of carbonyl (C=O) groups is 3. The lowest BCUT2D eigenvalue weighted by molar-refractivity contribution is -0.118. The Kier molecular flexibility index (Phi) is 12.1. The number of carbonyl (C=O) groups excluding carboxylic acids is 3. The molecule has 1 aliphatic rings. The lowest BCUT2D eigenvalue weighted by Gasteiger charge is -2.31. The van der Waals surface area contributed by atoms with Crippen molar-refractivity contribution in [2.24, 2.45) is 0 Å². The van der Waals surface area contributed by atoms with Gasteiger partial charge in [0.1, 0.15) is 12.6 Å². The zero-order chi connectivity index (χ0) is 36.3. The van der Waals surface area contributed by atoms with Crippen molar-refractivity contribution in [1.29, 1.82) is 0 Å². The number of nitrogens with one attached hydrogen (secondary N) is 3. The maximum atomic E-state index is 14.1. The average molecular weight is 702 g/mol. The predicted molar refractivity (Wildman–Crippen MR) is 200 cm³/mol. The number of nitrogens with zero attached hydrogens (tertiary/aromatic N) is 2. The molecule has 2 heterocycles. The van der Waals surface area contributed by atoms with E-state index >= 15 is 0 Å². The van der Waals surface area contributed by atoms with Crippen molar-refractivity contribution in [3.8, 4) is 0 Å². The molecule has 11 heteroatoms. The number of para-hydroxylation sites is 1. The van der Waals surface area contributed by atoms with Crippen LogP contribution in [0.3, 0.4) is 0 Å². The molecule has 3 amide bonds. The fraction of sp³-hybridized carbons (Fsp3) is 0.268. The van der Waals surface area contributed by atoms with E-state index < -0.39 is 24.1 Å². The van der Waals surface area contributed by atoms with Crippen LogP contribution in [0.25, 0.3) is 10.8 Å². The first kappa shape index (κ1) is 36.0. The Morgan fingerprint density at radius 2 is 1.63 bits per heavy atom. The van der Waals surface area contributed by atoms with Crippen LogP contribution in [0.1, 0.15) is 29.0 Å². The summed E-state index contributed by atoms with van der Waals surface area (Å²) in [4.78, 5) is 45.2. The number of aromatic nitrogens is 1. The third-order valence-corrected chi connectivity index (χ3v) is 9.27. The molecule has 1 aliphatic heterocycles. The molecule has 6 rings (SSSR count). The molecule has 3 atom stereocenters. The third kappa shape index (κ3) is 8.92. The van der Waals surface area contributed by atoms with E-state index in [1.165, 1.54) is 12.0 Å². The summed E-state index contributed by atoms with van der Waals surface area (Å²) in [5.41, 5.74) is 4.08. The Morgan fingerprint density at radius 1 is 0.923 bits per heavy atom. The molecule has 0 aliphatic carbocycles. The van der Waals surface area contributed by atoms with E-state index in [1.54, 1.807) is 19.4 Å². The number of fused-ring (bicyclic) bond motifs is 1. The summed E-state index contributed by atoms with van der Waals surface area (Å²) in [6, 6.07) is 33.4. The van der Waals surface area contributed by atoms with E-state index in [9.17, 15) is 14.4 Å². The topological polar surface area (TPSA) is 131 Å². The number of alkyl carbamates (subject to hydrolysis) is 1. The van der Waals surface area contributed by atoms with Crippen molar-refractivity contribution >= 4 is 40.2 Å². The van der Waals surface area contributed by atoms with Gasteiger partial charge in [-0.2, -0.15) is 0 Å². The van der Waals surface area contributed by atoms with Crippen LogP contribution in [0.2, 0.25) is 0 Å². The van der Waals surface area contributed by atoms with Crippen molar-refractivity contribution < 1.29 is 28.6 Å². The summed E-state index contributed by atoms with van der Waals surface area (Å²) in [5, 5.41) is 11.2. The van der Waals surface area contributed by atoms with Crippen LogP contribution < -0.4 is 20.9 Å². The largest absolute Gasteiger partial charge is 0.453 e. The second-order valence-electron chi connectivity index (χ2n) is 12.7. The van der Waals surface area contributed by atoms with Gasteiger partial charge in [0.05, 0.1) is 31.5 Å². The number of morpholine rings is 1. The molecular weight excluding hydrogens is 658 g/mol. The van der Waals surface area contributed by atoms with Gasteiger partial charge in [0.25, 0.3) is 0 Å². The molecule has 0 saturated carbocycles. The lowest BCUT2D eigenvalue weighted by Crippen LogP contribution is -2.49. The molecule has 4 aromatic carbocycles. The molecule has 0 bridgehead atoms. The van der Waals surface area contributed by atoms with Gasteiger partial charge in [-0.15, -0.1) is 0 Å². The molecular formula is C41H43N5O6. The molecule has 11 nitrogen and oxygen atoms in total. The Bertz CT molecular complexity index is 1910. The number of aryl methyl sites for hydroxylation is 1. The number of ether oxygens (including phenoxy) is 3. The Morgan fingerprint density at radius 3 is 2.33 bits per heavy atom. The summed E-state index contributed by atoms with van der Waals surface area (Å²) in [6.45, 7) is 1.14. The Balaban J connectivity index is 1.05. The number of hydrogen-bond donors (Lipinski definition) is 3. The first-order chi connectivity index (χ1) is 25.4. The maximum Gasteiger partial charge on any atom is 0.414 e. The fourth-order valence-corrected chi connectivity index (χ4v) is 6.49. The number of anilines is 2. The van der Waals surface area contributed by atoms with Gasteiger partial charge < -0.3 is 30.2 Å². The molecule has 0 unspecified atom stereocenters.